The van der Waals surface area contributed by atoms with Crippen LogP contribution in [-0.2, 0) is 6.42 Å². The first-order valence-electron chi connectivity index (χ1n) is 5.40. The summed E-state index contributed by atoms with van der Waals surface area (Å²) in [5.74, 6) is 0.752. The SMILES string of the molecule is Clc1ccc(Cl)c(CC2CCNCC2)c1. The van der Waals surface area contributed by atoms with Crippen molar-refractivity contribution in [3.8, 4) is 0 Å². The number of hydrogen-bond donors (Lipinski definition) is 1. The molecular weight excluding hydrogens is 229 g/mol. The summed E-state index contributed by atoms with van der Waals surface area (Å²) in [7, 11) is 0. The minimum atomic E-state index is 0.752. The summed E-state index contributed by atoms with van der Waals surface area (Å²) >= 11 is 12.1. The molecule has 3 heteroatoms. The fourth-order valence-corrected chi connectivity index (χ4v) is 2.49. The number of halogens is 2. The predicted molar refractivity (Wildman–Crippen MR) is 65.8 cm³/mol. The monoisotopic (exact) mass is 243 g/mol. The van der Waals surface area contributed by atoms with Gasteiger partial charge in [0.05, 0.1) is 0 Å². The third-order valence-corrected chi connectivity index (χ3v) is 3.58. The summed E-state index contributed by atoms with van der Waals surface area (Å²) in [5.41, 5.74) is 1.19. The Balaban J connectivity index is 2.05. The van der Waals surface area contributed by atoms with Crippen molar-refractivity contribution in [3.05, 3.63) is 33.8 Å². The highest BCUT2D eigenvalue weighted by atomic mass is 35.5. The highest BCUT2D eigenvalue weighted by molar-refractivity contribution is 6.33. The summed E-state index contributed by atoms with van der Waals surface area (Å²) in [6.45, 7) is 2.26. The average molecular weight is 244 g/mol. The van der Waals surface area contributed by atoms with Crippen LogP contribution in [0.1, 0.15) is 18.4 Å². The van der Waals surface area contributed by atoms with Crippen molar-refractivity contribution in [3.63, 3.8) is 0 Å². The van der Waals surface area contributed by atoms with Gasteiger partial charge >= 0.3 is 0 Å². The molecule has 0 spiro atoms. The van der Waals surface area contributed by atoms with Crippen LogP contribution in [0.4, 0.5) is 0 Å². The second-order valence-corrected chi connectivity index (χ2v) is 4.98. The van der Waals surface area contributed by atoms with Crippen LogP contribution in [0.2, 0.25) is 10.0 Å². The Kier molecular flexibility index (Phi) is 3.90. The predicted octanol–water partition coefficient (Wildman–Crippen LogP) is 3.54. The molecule has 1 N–H and O–H groups in total. The van der Waals surface area contributed by atoms with Crippen LogP contribution in [0.25, 0.3) is 0 Å². The normalized spacial score (nSPS) is 18.0. The van der Waals surface area contributed by atoms with Gasteiger partial charge in [0, 0.05) is 10.0 Å². The van der Waals surface area contributed by atoms with Gasteiger partial charge in [-0.3, -0.25) is 0 Å². The molecule has 0 amide bonds. The van der Waals surface area contributed by atoms with Crippen LogP contribution in [0.15, 0.2) is 18.2 Å². The number of nitrogens with one attached hydrogen (secondary N) is 1. The molecule has 0 unspecified atom stereocenters. The summed E-state index contributed by atoms with van der Waals surface area (Å²) in [4.78, 5) is 0. The average Bonchev–Trinajstić information content (AvgIpc) is 2.25. The Bertz CT molecular complexity index is 332. The Morgan fingerprint density at radius 1 is 1.20 bits per heavy atom. The van der Waals surface area contributed by atoms with E-state index in [9.17, 15) is 0 Å². The molecule has 0 radical (unpaired) electrons. The van der Waals surface area contributed by atoms with Gasteiger partial charge in [-0.25, -0.2) is 0 Å². The van der Waals surface area contributed by atoms with Crippen molar-refractivity contribution in [2.45, 2.75) is 19.3 Å². The zero-order valence-electron chi connectivity index (χ0n) is 8.60. The number of rotatable bonds is 2. The molecule has 0 atom stereocenters. The molecule has 15 heavy (non-hydrogen) atoms. The van der Waals surface area contributed by atoms with E-state index in [1.54, 1.807) is 0 Å². The Morgan fingerprint density at radius 2 is 1.93 bits per heavy atom. The Hall–Kier alpha value is -0.240. The van der Waals surface area contributed by atoms with Crippen LogP contribution >= 0.6 is 23.2 Å². The summed E-state index contributed by atoms with van der Waals surface area (Å²) in [6, 6.07) is 5.72. The molecule has 0 aromatic heterocycles. The quantitative estimate of drug-likeness (QED) is 0.839. The molecule has 1 heterocycles. The van der Waals surface area contributed by atoms with Crippen molar-refractivity contribution in [2.24, 2.45) is 5.92 Å². The zero-order chi connectivity index (χ0) is 10.7. The third-order valence-electron chi connectivity index (χ3n) is 2.98. The first kappa shape index (κ1) is 11.3. The molecule has 0 aliphatic carbocycles. The standard InChI is InChI=1S/C12H15Cl2N/c13-11-1-2-12(14)10(8-11)7-9-3-5-15-6-4-9/h1-2,8-9,15H,3-7H2. The van der Waals surface area contributed by atoms with Crippen LogP contribution in [0.5, 0.6) is 0 Å². The molecule has 1 fully saturated rings. The summed E-state index contributed by atoms with van der Waals surface area (Å²) in [6.07, 6.45) is 3.53. The molecule has 82 valence electrons. The number of benzene rings is 1. The lowest BCUT2D eigenvalue weighted by molar-refractivity contribution is 0.373. The molecule has 1 aromatic carbocycles. The van der Waals surface area contributed by atoms with Crippen LogP contribution in [0, 0.1) is 5.92 Å². The second-order valence-electron chi connectivity index (χ2n) is 4.13. The van der Waals surface area contributed by atoms with Gasteiger partial charge < -0.3 is 5.32 Å². The second kappa shape index (κ2) is 5.20. The number of piperidine rings is 1. The first-order chi connectivity index (χ1) is 7.25. The van der Waals surface area contributed by atoms with Gasteiger partial charge in [-0.05, 0) is 62.0 Å². The highest BCUT2D eigenvalue weighted by Crippen LogP contribution is 2.26. The summed E-state index contributed by atoms with van der Waals surface area (Å²) < 4.78 is 0. The fraction of sp³-hybridized carbons (Fsp3) is 0.500. The molecule has 2 rings (SSSR count). The fourth-order valence-electron chi connectivity index (χ4n) is 2.10. The van der Waals surface area contributed by atoms with Gasteiger partial charge in [0.25, 0.3) is 0 Å². The maximum atomic E-state index is 6.14. The maximum Gasteiger partial charge on any atom is 0.0439 e. The summed E-state index contributed by atoms with van der Waals surface area (Å²) in [5, 5.41) is 4.99. The molecule has 0 saturated carbocycles. The lowest BCUT2D eigenvalue weighted by Crippen LogP contribution is -2.28. The molecule has 1 aliphatic rings. The number of hydrogen-bond acceptors (Lipinski definition) is 1. The van der Waals surface area contributed by atoms with Gasteiger partial charge in [0.2, 0.25) is 0 Å². The minimum Gasteiger partial charge on any atom is -0.317 e. The van der Waals surface area contributed by atoms with Crippen LogP contribution in [0.3, 0.4) is 0 Å². The van der Waals surface area contributed by atoms with Crippen LogP contribution < -0.4 is 5.32 Å². The van der Waals surface area contributed by atoms with E-state index in [4.69, 9.17) is 23.2 Å². The van der Waals surface area contributed by atoms with E-state index in [1.165, 1.54) is 18.4 Å². The van der Waals surface area contributed by atoms with E-state index in [-0.39, 0.29) is 0 Å². The zero-order valence-corrected chi connectivity index (χ0v) is 10.1. The van der Waals surface area contributed by atoms with Crippen molar-refractivity contribution in [2.75, 3.05) is 13.1 Å². The van der Waals surface area contributed by atoms with E-state index in [1.807, 2.05) is 18.2 Å². The third kappa shape index (κ3) is 3.10. The molecule has 0 bridgehead atoms. The molecule has 1 nitrogen and oxygen atoms in total. The molecule has 1 aliphatic heterocycles. The van der Waals surface area contributed by atoms with Crippen molar-refractivity contribution < 1.29 is 0 Å². The van der Waals surface area contributed by atoms with Gasteiger partial charge in [0.15, 0.2) is 0 Å². The van der Waals surface area contributed by atoms with E-state index >= 15 is 0 Å². The van der Waals surface area contributed by atoms with Gasteiger partial charge in [0.1, 0.15) is 0 Å². The van der Waals surface area contributed by atoms with E-state index in [0.29, 0.717) is 0 Å². The van der Waals surface area contributed by atoms with E-state index < -0.39 is 0 Å². The van der Waals surface area contributed by atoms with Crippen molar-refractivity contribution >= 4 is 23.2 Å². The topological polar surface area (TPSA) is 12.0 Å². The van der Waals surface area contributed by atoms with Crippen molar-refractivity contribution in [1.29, 1.82) is 0 Å². The van der Waals surface area contributed by atoms with E-state index in [2.05, 4.69) is 5.32 Å². The molecular formula is C12H15Cl2N. The molecule has 1 aromatic rings. The lowest BCUT2D eigenvalue weighted by atomic mass is 9.91. The smallest absolute Gasteiger partial charge is 0.0439 e. The van der Waals surface area contributed by atoms with E-state index in [0.717, 1.165) is 35.5 Å². The Labute approximate surface area is 101 Å². The van der Waals surface area contributed by atoms with Gasteiger partial charge in [-0.15, -0.1) is 0 Å². The van der Waals surface area contributed by atoms with Gasteiger partial charge in [-0.2, -0.15) is 0 Å². The first-order valence-corrected chi connectivity index (χ1v) is 6.16. The molecule has 1 saturated heterocycles. The maximum absolute atomic E-state index is 6.14. The van der Waals surface area contributed by atoms with Gasteiger partial charge in [-0.1, -0.05) is 23.2 Å². The highest BCUT2D eigenvalue weighted by Gasteiger charge is 2.14. The Morgan fingerprint density at radius 3 is 2.67 bits per heavy atom. The lowest BCUT2D eigenvalue weighted by Gasteiger charge is -2.23. The minimum absolute atomic E-state index is 0.752. The van der Waals surface area contributed by atoms with Crippen LogP contribution in [-0.4, -0.2) is 13.1 Å². The largest absolute Gasteiger partial charge is 0.317 e. The van der Waals surface area contributed by atoms with Crippen molar-refractivity contribution in [1.82, 2.24) is 5.32 Å².